The van der Waals surface area contributed by atoms with Gasteiger partial charge in [0.1, 0.15) is 11.5 Å². The second-order valence-electron chi connectivity index (χ2n) is 8.94. The van der Waals surface area contributed by atoms with Crippen LogP contribution in [0.15, 0.2) is 54.7 Å². The van der Waals surface area contributed by atoms with Crippen molar-refractivity contribution in [3.8, 4) is 11.3 Å². The van der Waals surface area contributed by atoms with E-state index in [2.05, 4.69) is 53.3 Å². The third-order valence-electron chi connectivity index (χ3n) is 6.52. The van der Waals surface area contributed by atoms with Crippen LogP contribution in [0, 0.1) is 12.7 Å². The minimum atomic E-state index is -0.518. The number of hydrogen-bond acceptors (Lipinski definition) is 4. The lowest BCUT2D eigenvalue weighted by Gasteiger charge is -2.42. The number of aliphatic hydroxyl groups is 1. The highest BCUT2D eigenvalue weighted by atomic mass is 19.1. The maximum atomic E-state index is 13.3. The van der Waals surface area contributed by atoms with E-state index >= 15 is 0 Å². The Balaban J connectivity index is 1.53. The molecule has 170 valence electrons. The Bertz CT molecular complexity index is 986. The minimum absolute atomic E-state index is 0.162. The van der Waals surface area contributed by atoms with Gasteiger partial charge in [0.05, 0.1) is 18.3 Å². The molecule has 1 aliphatic heterocycles. The molecular formula is C26H33FN4O. The molecule has 0 bridgehead atoms. The van der Waals surface area contributed by atoms with E-state index in [0.29, 0.717) is 12.1 Å². The first-order valence-corrected chi connectivity index (χ1v) is 11.7. The maximum Gasteiger partial charge on any atom is 0.123 e. The van der Waals surface area contributed by atoms with Crippen molar-refractivity contribution >= 4 is 0 Å². The number of halogens is 1. The SMILES string of the molecule is CCCCCCN1C[C@H](n2cc(-c3ccc(F)cc3)nn2)[C@@H](O)C[C@H]1c1ccc(C)cc1. The molecular weight excluding hydrogens is 403 g/mol. The first kappa shape index (κ1) is 22.6. The summed E-state index contributed by atoms with van der Waals surface area (Å²) in [6, 6.07) is 15.0. The quantitative estimate of drug-likeness (QED) is 0.486. The molecule has 0 unspecified atom stereocenters. The van der Waals surface area contributed by atoms with Gasteiger partial charge in [0.15, 0.2) is 0 Å². The number of likely N-dealkylation sites (tertiary alicyclic amines) is 1. The van der Waals surface area contributed by atoms with E-state index < -0.39 is 6.10 Å². The summed E-state index contributed by atoms with van der Waals surface area (Å²) in [5.41, 5.74) is 4.01. The molecule has 4 rings (SSSR count). The molecule has 5 nitrogen and oxygen atoms in total. The molecule has 3 aromatic rings. The largest absolute Gasteiger partial charge is 0.391 e. The van der Waals surface area contributed by atoms with Crippen LogP contribution in [0.4, 0.5) is 4.39 Å². The summed E-state index contributed by atoms with van der Waals surface area (Å²) in [6.07, 6.45) is 6.84. The summed E-state index contributed by atoms with van der Waals surface area (Å²) >= 11 is 0. The average molecular weight is 437 g/mol. The fourth-order valence-electron chi connectivity index (χ4n) is 4.60. The molecule has 1 N–H and O–H groups in total. The summed E-state index contributed by atoms with van der Waals surface area (Å²) in [4.78, 5) is 2.50. The van der Waals surface area contributed by atoms with E-state index in [9.17, 15) is 9.50 Å². The molecule has 1 fully saturated rings. The van der Waals surface area contributed by atoms with E-state index in [1.54, 1.807) is 16.8 Å². The molecule has 0 aliphatic carbocycles. The van der Waals surface area contributed by atoms with Gasteiger partial charge in [-0.3, -0.25) is 4.90 Å². The van der Waals surface area contributed by atoms with Crippen LogP contribution in [0.3, 0.4) is 0 Å². The third kappa shape index (κ3) is 5.25. The molecule has 2 aromatic carbocycles. The Labute approximate surface area is 189 Å². The standard InChI is InChI=1S/C26H33FN4O/c1-3-4-5-6-15-30-18-25(26(32)16-24(30)21-9-7-19(2)8-10-21)31-17-23(28-29-31)20-11-13-22(27)14-12-20/h7-14,17,24-26,32H,3-6,15-16,18H2,1-2H3/t24-,25-,26-/m0/s1. The number of piperidine rings is 1. The topological polar surface area (TPSA) is 54.2 Å². The second-order valence-corrected chi connectivity index (χ2v) is 8.94. The first-order chi connectivity index (χ1) is 15.5. The number of hydrogen-bond donors (Lipinski definition) is 1. The Morgan fingerprint density at radius 2 is 1.78 bits per heavy atom. The van der Waals surface area contributed by atoms with E-state index in [0.717, 1.165) is 25.1 Å². The highest BCUT2D eigenvalue weighted by molar-refractivity contribution is 5.57. The number of benzene rings is 2. The highest BCUT2D eigenvalue weighted by Gasteiger charge is 2.36. The van der Waals surface area contributed by atoms with Crippen molar-refractivity contribution in [2.75, 3.05) is 13.1 Å². The molecule has 2 heterocycles. The molecule has 32 heavy (non-hydrogen) atoms. The van der Waals surface area contributed by atoms with Gasteiger partial charge in [0, 0.05) is 18.2 Å². The van der Waals surface area contributed by atoms with Crippen molar-refractivity contribution < 1.29 is 9.50 Å². The van der Waals surface area contributed by atoms with Crippen LogP contribution < -0.4 is 0 Å². The smallest absolute Gasteiger partial charge is 0.123 e. The Morgan fingerprint density at radius 1 is 1.03 bits per heavy atom. The monoisotopic (exact) mass is 436 g/mol. The highest BCUT2D eigenvalue weighted by Crippen LogP contribution is 2.36. The van der Waals surface area contributed by atoms with Crippen molar-refractivity contribution in [3.63, 3.8) is 0 Å². The van der Waals surface area contributed by atoms with Crippen LogP contribution >= 0.6 is 0 Å². The van der Waals surface area contributed by atoms with Crippen LogP contribution in [0.1, 0.15) is 62.2 Å². The van der Waals surface area contributed by atoms with Gasteiger partial charge in [0.2, 0.25) is 0 Å². The number of aliphatic hydroxyl groups excluding tert-OH is 1. The Kier molecular flexibility index (Phi) is 7.33. The Hall–Kier alpha value is -2.57. The number of rotatable bonds is 8. The van der Waals surface area contributed by atoms with Gasteiger partial charge < -0.3 is 5.11 Å². The van der Waals surface area contributed by atoms with Crippen LogP contribution in [0.25, 0.3) is 11.3 Å². The van der Waals surface area contributed by atoms with Crippen molar-refractivity contribution in [2.45, 2.75) is 64.1 Å². The first-order valence-electron chi connectivity index (χ1n) is 11.7. The van der Waals surface area contributed by atoms with E-state index in [-0.39, 0.29) is 17.9 Å². The van der Waals surface area contributed by atoms with Crippen molar-refractivity contribution in [2.24, 2.45) is 0 Å². The van der Waals surface area contributed by atoms with Gasteiger partial charge in [0.25, 0.3) is 0 Å². The second kappa shape index (κ2) is 10.4. The van der Waals surface area contributed by atoms with Crippen LogP contribution in [0.5, 0.6) is 0 Å². The molecule has 0 amide bonds. The molecule has 6 heteroatoms. The van der Waals surface area contributed by atoms with Crippen LogP contribution in [-0.4, -0.2) is 44.2 Å². The lowest BCUT2D eigenvalue weighted by atomic mass is 9.90. The van der Waals surface area contributed by atoms with E-state index in [1.807, 2.05) is 6.20 Å². The predicted octanol–water partition coefficient (Wildman–Crippen LogP) is 5.32. The molecule has 0 radical (unpaired) electrons. The average Bonchev–Trinajstić information content (AvgIpc) is 3.28. The maximum absolute atomic E-state index is 13.3. The number of aromatic nitrogens is 3. The molecule has 0 spiro atoms. The van der Waals surface area contributed by atoms with E-state index in [4.69, 9.17) is 0 Å². The van der Waals surface area contributed by atoms with E-state index in [1.165, 1.54) is 42.5 Å². The lowest BCUT2D eigenvalue weighted by molar-refractivity contribution is -0.00774. The molecule has 3 atom stereocenters. The normalized spacial score (nSPS) is 21.7. The lowest BCUT2D eigenvalue weighted by Crippen LogP contribution is -2.46. The summed E-state index contributed by atoms with van der Waals surface area (Å²) in [5.74, 6) is -0.273. The number of aryl methyl sites for hydroxylation is 1. The van der Waals surface area contributed by atoms with Gasteiger partial charge in [-0.1, -0.05) is 61.2 Å². The number of nitrogens with zero attached hydrogens (tertiary/aromatic N) is 4. The third-order valence-corrected chi connectivity index (χ3v) is 6.52. The molecule has 1 aliphatic rings. The van der Waals surface area contributed by atoms with Crippen molar-refractivity contribution in [1.82, 2.24) is 19.9 Å². The molecule has 1 aromatic heterocycles. The molecule has 1 saturated heterocycles. The zero-order valence-electron chi connectivity index (χ0n) is 19.0. The van der Waals surface area contributed by atoms with Crippen molar-refractivity contribution in [1.29, 1.82) is 0 Å². The minimum Gasteiger partial charge on any atom is -0.391 e. The zero-order valence-corrected chi connectivity index (χ0v) is 19.0. The summed E-state index contributed by atoms with van der Waals surface area (Å²) < 4.78 is 15.0. The fraction of sp³-hybridized carbons (Fsp3) is 0.462. The fourth-order valence-corrected chi connectivity index (χ4v) is 4.60. The van der Waals surface area contributed by atoms with Crippen LogP contribution in [0.2, 0.25) is 0 Å². The van der Waals surface area contributed by atoms with Crippen molar-refractivity contribution in [3.05, 3.63) is 71.7 Å². The van der Waals surface area contributed by atoms with Gasteiger partial charge in [-0.2, -0.15) is 0 Å². The zero-order chi connectivity index (χ0) is 22.5. The number of unbranched alkanes of at least 4 members (excludes halogenated alkanes) is 3. The van der Waals surface area contributed by atoms with Gasteiger partial charge in [-0.05, 0) is 56.1 Å². The summed E-state index contributed by atoms with van der Waals surface area (Å²) in [7, 11) is 0. The van der Waals surface area contributed by atoms with Gasteiger partial charge in [-0.25, -0.2) is 9.07 Å². The Morgan fingerprint density at radius 3 is 2.50 bits per heavy atom. The molecule has 0 saturated carbocycles. The summed E-state index contributed by atoms with van der Waals surface area (Å²) in [6.45, 7) is 6.05. The predicted molar refractivity (Wildman–Crippen MR) is 125 cm³/mol. The van der Waals surface area contributed by atoms with Crippen LogP contribution in [-0.2, 0) is 0 Å². The van der Waals surface area contributed by atoms with Gasteiger partial charge >= 0.3 is 0 Å². The van der Waals surface area contributed by atoms with Gasteiger partial charge in [-0.15, -0.1) is 5.10 Å². The summed E-state index contributed by atoms with van der Waals surface area (Å²) in [5, 5.41) is 19.7.